The van der Waals surface area contributed by atoms with Gasteiger partial charge in [0.15, 0.2) is 0 Å². The highest BCUT2D eigenvalue weighted by molar-refractivity contribution is 5.43. The van der Waals surface area contributed by atoms with Gasteiger partial charge in [-0.15, -0.1) is 10.2 Å². The van der Waals surface area contributed by atoms with Crippen LogP contribution in [0.4, 0.5) is 5.82 Å². The summed E-state index contributed by atoms with van der Waals surface area (Å²) in [6.45, 7) is 4.90. The van der Waals surface area contributed by atoms with E-state index in [9.17, 15) is 0 Å². The van der Waals surface area contributed by atoms with Crippen molar-refractivity contribution in [2.45, 2.75) is 51.2 Å². The summed E-state index contributed by atoms with van der Waals surface area (Å²) in [6.07, 6.45) is 7.94. The van der Waals surface area contributed by atoms with Crippen LogP contribution in [-0.4, -0.2) is 50.2 Å². The second kappa shape index (κ2) is 6.23. The first-order valence-electron chi connectivity index (χ1n) is 8.34. The van der Waals surface area contributed by atoms with Gasteiger partial charge in [0.2, 0.25) is 12.3 Å². The molecule has 0 aromatic carbocycles. The maximum atomic E-state index is 5.25. The third-order valence-electron chi connectivity index (χ3n) is 4.71. The first kappa shape index (κ1) is 14.6. The van der Waals surface area contributed by atoms with Crippen molar-refractivity contribution in [2.75, 3.05) is 18.0 Å². The lowest BCUT2D eigenvalue weighted by Gasteiger charge is -2.39. The zero-order valence-electron chi connectivity index (χ0n) is 13.4. The van der Waals surface area contributed by atoms with E-state index in [1.54, 1.807) is 6.33 Å². The lowest BCUT2D eigenvalue weighted by atomic mass is 10.0. The zero-order valence-corrected chi connectivity index (χ0v) is 13.4. The molecule has 2 fully saturated rings. The fraction of sp³-hybridized carbons (Fsp3) is 0.625. The molecule has 0 radical (unpaired) electrons. The normalized spacial score (nSPS) is 19.9. The fourth-order valence-corrected chi connectivity index (χ4v) is 3.42. The second-order valence-corrected chi connectivity index (χ2v) is 6.50. The highest BCUT2D eigenvalue weighted by Gasteiger charge is 2.36. The number of anilines is 1. The smallest absolute Gasteiger partial charge is 0.230 e. The minimum atomic E-state index is 0.565. The van der Waals surface area contributed by atoms with E-state index < -0.39 is 0 Å². The molecule has 3 heterocycles. The molecule has 2 aromatic heterocycles. The predicted octanol–water partition coefficient (Wildman–Crippen LogP) is 1.80. The lowest BCUT2D eigenvalue weighted by Crippen LogP contribution is -2.46. The molecule has 7 heteroatoms. The monoisotopic (exact) mass is 314 g/mol. The Hall–Kier alpha value is -2.02. The van der Waals surface area contributed by atoms with Crippen molar-refractivity contribution in [3.05, 3.63) is 30.4 Å². The van der Waals surface area contributed by atoms with Gasteiger partial charge in [-0.3, -0.25) is 4.90 Å². The summed E-state index contributed by atoms with van der Waals surface area (Å²) in [6, 6.07) is 3.34. The van der Waals surface area contributed by atoms with Crippen molar-refractivity contribution in [1.29, 1.82) is 0 Å². The molecular weight excluding hydrogens is 292 g/mol. The summed E-state index contributed by atoms with van der Waals surface area (Å²) in [5.74, 6) is 1.80. The van der Waals surface area contributed by atoms with E-state index >= 15 is 0 Å². The molecule has 7 nitrogen and oxygen atoms in total. The van der Waals surface area contributed by atoms with Gasteiger partial charge in [0, 0.05) is 36.9 Å². The van der Waals surface area contributed by atoms with Gasteiger partial charge in [-0.05, 0) is 32.6 Å². The van der Waals surface area contributed by atoms with Gasteiger partial charge in [0.05, 0.1) is 6.54 Å². The van der Waals surface area contributed by atoms with E-state index in [0.29, 0.717) is 18.0 Å². The Morgan fingerprint density at radius 1 is 1.17 bits per heavy atom. The first-order chi connectivity index (χ1) is 11.3. The molecule has 0 bridgehead atoms. The molecule has 2 aromatic rings. The number of piperidine rings is 1. The minimum Gasteiger partial charge on any atom is -0.427 e. The van der Waals surface area contributed by atoms with Crippen molar-refractivity contribution >= 4 is 5.82 Å². The van der Waals surface area contributed by atoms with Crippen LogP contribution < -0.4 is 4.90 Å². The molecule has 122 valence electrons. The molecule has 0 amide bonds. The van der Waals surface area contributed by atoms with Gasteiger partial charge in [0.1, 0.15) is 12.1 Å². The van der Waals surface area contributed by atoms with E-state index in [1.165, 1.54) is 19.2 Å². The van der Waals surface area contributed by atoms with Crippen molar-refractivity contribution in [1.82, 2.24) is 25.1 Å². The number of likely N-dealkylation sites (tertiary alicyclic amines) is 1. The standard InChI is InChI=1S/C16H22N6O/c1-12-8-15(18-10-17-12)22(13-2-3-13)14-4-6-21(7-5-14)9-16-20-19-11-23-16/h8,10-11,13-14H,2-7,9H2,1H3. The van der Waals surface area contributed by atoms with Crippen molar-refractivity contribution < 1.29 is 4.42 Å². The zero-order chi connectivity index (χ0) is 15.6. The number of aromatic nitrogens is 4. The van der Waals surface area contributed by atoms with Crippen LogP contribution in [0.15, 0.2) is 23.2 Å². The molecule has 23 heavy (non-hydrogen) atoms. The van der Waals surface area contributed by atoms with Crippen molar-refractivity contribution in [2.24, 2.45) is 0 Å². The van der Waals surface area contributed by atoms with Crippen LogP contribution in [0.5, 0.6) is 0 Å². The number of hydrogen-bond acceptors (Lipinski definition) is 7. The summed E-state index contributed by atoms with van der Waals surface area (Å²) in [5, 5.41) is 7.72. The molecule has 0 N–H and O–H groups in total. The van der Waals surface area contributed by atoms with Crippen molar-refractivity contribution in [3.8, 4) is 0 Å². The Morgan fingerprint density at radius 3 is 2.61 bits per heavy atom. The molecule has 1 aliphatic carbocycles. The Labute approximate surface area is 135 Å². The number of nitrogens with zero attached hydrogens (tertiary/aromatic N) is 6. The van der Waals surface area contributed by atoms with Crippen LogP contribution >= 0.6 is 0 Å². The summed E-state index contributed by atoms with van der Waals surface area (Å²) < 4.78 is 5.25. The molecule has 0 atom stereocenters. The SMILES string of the molecule is Cc1cc(N(C2CC2)C2CCN(Cc3nnco3)CC2)ncn1. The average molecular weight is 314 g/mol. The van der Waals surface area contributed by atoms with Gasteiger partial charge in [0.25, 0.3) is 0 Å². The topological polar surface area (TPSA) is 71.2 Å². The van der Waals surface area contributed by atoms with Crippen molar-refractivity contribution in [3.63, 3.8) is 0 Å². The molecule has 1 aliphatic heterocycles. The summed E-state index contributed by atoms with van der Waals surface area (Å²) in [5.41, 5.74) is 1.04. The third kappa shape index (κ3) is 3.34. The number of aryl methyl sites for hydroxylation is 1. The predicted molar refractivity (Wildman–Crippen MR) is 84.9 cm³/mol. The van der Waals surface area contributed by atoms with Gasteiger partial charge >= 0.3 is 0 Å². The summed E-state index contributed by atoms with van der Waals surface area (Å²) in [4.78, 5) is 13.7. The van der Waals surface area contributed by atoms with E-state index in [0.717, 1.165) is 44.0 Å². The van der Waals surface area contributed by atoms with E-state index in [2.05, 4.69) is 36.0 Å². The maximum absolute atomic E-state index is 5.25. The molecular formula is C16H22N6O. The lowest BCUT2D eigenvalue weighted by molar-refractivity contribution is 0.184. The van der Waals surface area contributed by atoms with E-state index in [-0.39, 0.29) is 0 Å². The fourth-order valence-electron chi connectivity index (χ4n) is 3.42. The first-order valence-corrected chi connectivity index (χ1v) is 8.34. The van der Waals surface area contributed by atoms with Crippen LogP contribution in [0, 0.1) is 6.92 Å². The summed E-state index contributed by atoms with van der Waals surface area (Å²) in [7, 11) is 0. The molecule has 0 spiro atoms. The highest BCUT2D eigenvalue weighted by atomic mass is 16.4. The minimum absolute atomic E-state index is 0.565. The molecule has 1 saturated carbocycles. The Kier molecular flexibility index (Phi) is 3.95. The Morgan fingerprint density at radius 2 is 1.96 bits per heavy atom. The third-order valence-corrected chi connectivity index (χ3v) is 4.71. The van der Waals surface area contributed by atoms with Crippen LogP contribution in [0.2, 0.25) is 0 Å². The van der Waals surface area contributed by atoms with Gasteiger partial charge in [-0.25, -0.2) is 9.97 Å². The molecule has 4 rings (SSSR count). The summed E-state index contributed by atoms with van der Waals surface area (Å²) >= 11 is 0. The van der Waals surface area contributed by atoms with Crippen LogP contribution in [0.3, 0.4) is 0 Å². The number of hydrogen-bond donors (Lipinski definition) is 0. The molecule has 1 saturated heterocycles. The number of rotatable bonds is 5. The molecule has 2 aliphatic rings. The van der Waals surface area contributed by atoms with Crippen LogP contribution in [0.25, 0.3) is 0 Å². The van der Waals surface area contributed by atoms with Gasteiger partial charge < -0.3 is 9.32 Å². The highest BCUT2D eigenvalue weighted by Crippen LogP contribution is 2.35. The van der Waals surface area contributed by atoms with Gasteiger partial charge in [-0.1, -0.05) is 0 Å². The maximum Gasteiger partial charge on any atom is 0.230 e. The largest absolute Gasteiger partial charge is 0.427 e. The second-order valence-electron chi connectivity index (χ2n) is 6.50. The van der Waals surface area contributed by atoms with E-state index in [1.807, 2.05) is 6.92 Å². The van der Waals surface area contributed by atoms with Crippen LogP contribution in [0.1, 0.15) is 37.3 Å². The molecule has 0 unspecified atom stereocenters. The van der Waals surface area contributed by atoms with Crippen LogP contribution in [-0.2, 0) is 6.54 Å². The quantitative estimate of drug-likeness (QED) is 0.833. The van der Waals surface area contributed by atoms with Gasteiger partial charge in [-0.2, -0.15) is 0 Å². The van der Waals surface area contributed by atoms with E-state index in [4.69, 9.17) is 4.42 Å². The Balaban J connectivity index is 1.41. The Bertz CT molecular complexity index is 634. The average Bonchev–Trinajstić information content (AvgIpc) is 3.25.